The molecule has 0 radical (unpaired) electrons. The maximum atomic E-state index is 12.4. The van der Waals surface area contributed by atoms with Gasteiger partial charge in [0.05, 0.1) is 4.90 Å². The van der Waals surface area contributed by atoms with E-state index >= 15 is 0 Å². The third-order valence-electron chi connectivity index (χ3n) is 4.03. The van der Waals surface area contributed by atoms with Crippen LogP contribution < -0.4 is 5.32 Å². The number of hydrogen-bond donors (Lipinski definition) is 1. The molecule has 5 nitrogen and oxygen atoms in total. The van der Waals surface area contributed by atoms with E-state index in [0.717, 1.165) is 16.0 Å². The van der Waals surface area contributed by atoms with Crippen molar-refractivity contribution in [3.63, 3.8) is 0 Å². The van der Waals surface area contributed by atoms with E-state index in [1.165, 1.54) is 24.5 Å². The number of amides is 1. The van der Waals surface area contributed by atoms with Crippen LogP contribution in [0.5, 0.6) is 0 Å². The lowest BCUT2D eigenvalue weighted by Crippen LogP contribution is -2.23. The maximum absolute atomic E-state index is 12.4. The van der Waals surface area contributed by atoms with E-state index in [4.69, 9.17) is 0 Å². The Labute approximate surface area is 159 Å². The number of anilines is 1. The third-order valence-corrected chi connectivity index (χ3v) is 6.84. The molecule has 0 spiro atoms. The van der Waals surface area contributed by atoms with Crippen LogP contribution in [0, 0.1) is 13.8 Å². The van der Waals surface area contributed by atoms with Gasteiger partial charge in [0.25, 0.3) is 0 Å². The molecule has 0 aliphatic heterocycles. The Bertz CT molecular complexity index is 879. The summed E-state index contributed by atoms with van der Waals surface area (Å²) in [5, 5.41) is 2.85. The van der Waals surface area contributed by atoms with Crippen LogP contribution in [0.15, 0.2) is 52.3 Å². The number of sulfonamides is 1. The number of benzene rings is 2. The molecule has 1 N–H and O–H groups in total. The van der Waals surface area contributed by atoms with Crippen molar-refractivity contribution in [1.29, 1.82) is 0 Å². The van der Waals surface area contributed by atoms with Crippen LogP contribution in [0.4, 0.5) is 5.69 Å². The standard InChI is InChI=1S/C19H24N2O3S2/c1-14-12-17(26(23,24)21(3)4)13-18(15(14)2)20-19(22)10-11-25-16-8-6-5-7-9-16/h5-9,12-13H,10-11H2,1-4H3,(H,20,22). The zero-order valence-corrected chi connectivity index (χ0v) is 17.1. The highest BCUT2D eigenvalue weighted by molar-refractivity contribution is 7.99. The molecular formula is C19H24N2O3S2. The smallest absolute Gasteiger partial charge is 0.242 e. The highest BCUT2D eigenvalue weighted by Gasteiger charge is 2.20. The van der Waals surface area contributed by atoms with Crippen molar-refractivity contribution in [3.05, 3.63) is 53.6 Å². The lowest BCUT2D eigenvalue weighted by Gasteiger charge is -2.16. The van der Waals surface area contributed by atoms with Crippen molar-refractivity contribution in [2.75, 3.05) is 25.2 Å². The van der Waals surface area contributed by atoms with Gasteiger partial charge in [0.15, 0.2) is 0 Å². The van der Waals surface area contributed by atoms with Crippen molar-refractivity contribution < 1.29 is 13.2 Å². The Morgan fingerprint density at radius 3 is 2.38 bits per heavy atom. The fourth-order valence-corrected chi connectivity index (χ4v) is 4.19. The molecule has 0 atom stereocenters. The molecule has 0 aliphatic carbocycles. The predicted octanol–water partition coefficient (Wildman–Crippen LogP) is 3.67. The van der Waals surface area contributed by atoms with Crippen LogP contribution in [0.3, 0.4) is 0 Å². The van der Waals surface area contributed by atoms with Crippen LogP contribution in [-0.4, -0.2) is 38.5 Å². The summed E-state index contributed by atoms with van der Waals surface area (Å²) >= 11 is 1.61. The van der Waals surface area contributed by atoms with Crippen molar-refractivity contribution in [2.24, 2.45) is 0 Å². The molecule has 2 aromatic carbocycles. The molecule has 0 saturated carbocycles. The molecule has 0 fully saturated rings. The first kappa shape index (κ1) is 20.5. The lowest BCUT2D eigenvalue weighted by molar-refractivity contribution is -0.115. The van der Waals surface area contributed by atoms with Crippen molar-refractivity contribution in [3.8, 4) is 0 Å². The quantitative estimate of drug-likeness (QED) is 0.730. The molecule has 0 bridgehead atoms. The molecule has 0 unspecified atom stereocenters. The zero-order chi connectivity index (χ0) is 19.3. The maximum Gasteiger partial charge on any atom is 0.242 e. The number of carbonyl (C=O) groups excluding carboxylic acids is 1. The molecule has 26 heavy (non-hydrogen) atoms. The van der Waals surface area contributed by atoms with Gasteiger partial charge in [-0.25, -0.2) is 12.7 Å². The normalized spacial score (nSPS) is 11.6. The van der Waals surface area contributed by atoms with Gasteiger partial charge in [-0.15, -0.1) is 11.8 Å². The van der Waals surface area contributed by atoms with Gasteiger partial charge >= 0.3 is 0 Å². The van der Waals surface area contributed by atoms with Crippen LogP contribution >= 0.6 is 11.8 Å². The molecule has 0 saturated heterocycles. The van der Waals surface area contributed by atoms with Gasteiger partial charge in [-0.2, -0.15) is 0 Å². The minimum absolute atomic E-state index is 0.129. The fourth-order valence-electron chi connectivity index (χ4n) is 2.31. The monoisotopic (exact) mass is 392 g/mol. The highest BCUT2D eigenvalue weighted by atomic mass is 32.2. The van der Waals surface area contributed by atoms with Crippen LogP contribution in [0.1, 0.15) is 17.5 Å². The topological polar surface area (TPSA) is 66.5 Å². The Kier molecular flexibility index (Phi) is 6.86. The summed E-state index contributed by atoms with van der Waals surface area (Å²) in [7, 11) is -0.570. The van der Waals surface area contributed by atoms with E-state index in [9.17, 15) is 13.2 Å². The predicted molar refractivity (Wildman–Crippen MR) is 107 cm³/mol. The number of carbonyl (C=O) groups is 1. The van der Waals surface area contributed by atoms with E-state index in [2.05, 4.69) is 5.32 Å². The summed E-state index contributed by atoms with van der Waals surface area (Å²) in [5.41, 5.74) is 2.23. The molecule has 0 aliphatic rings. The van der Waals surface area contributed by atoms with Crippen molar-refractivity contribution in [2.45, 2.75) is 30.1 Å². The number of nitrogens with zero attached hydrogens (tertiary/aromatic N) is 1. The number of rotatable bonds is 7. The van der Waals surface area contributed by atoms with Gasteiger partial charge in [-0.05, 0) is 49.2 Å². The summed E-state index contributed by atoms with van der Waals surface area (Å²) in [6.07, 6.45) is 0.350. The van der Waals surface area contributed by atoms with Crippen LogP contribution in [0.25, 0.3) is 0 Å². The molecule has 7 heteroatoms. The average Bonchev–Trinajstić information content (AvgIpc) is 2.59. The molecule has 2 rings (SSSR count). The van der Waals surface area contributed by atoms with Gasteiger partial charge in [-0.1, -0.05) is 18.2 Å². The van der Waals surface area contributed by atoms with Gasteiger partial charge in [0.2, 0.25) is 15.9 Å². The van der Waals surface area contributed by atoms with Gasteiger partial charge in [0, 0.05) is 36.9 Å². The van der Waals surface area contributed by atoms with E-state index in [1.807, 2.05) is 44.2 Å². The Balaban J connectivity index is 2.08. The second-order valence-corrected chi connectivity index (χ2v) is 9.48. The number of nitrogens with one attached hydrogen (secondary N) is 1. The Morgan fingerprint density at radius 2 is 1.77 bits per heavy atom. The summed E-state index contributed by atoms with van der Waals surface area (Å²) < 4.78 is 25.9. The first-order valence-electron chi connectivity index (χ1n) is 8.23. The molecule has 140 valence electrons. The lowest BCUT2D eigenvalue weighted by atomic mass is 10.1. The summed E-state index contributed by atoms with van der Waals surface area (Å²) in [6, 6.07) is 13.1. The summed E-state index contributed by atoms with van der Waals surface area (Å²) in [4.78, 5) is 13.6. The Hall–Kier alpha value is -1.83. The van der Waals surface area contributed by atoms with Crippen molar-refractivity contribution in [1.82, 2.24) is 4.31 Å². The number of aryl methyl sites for hydroxylation is 1. The first-order chi connectivity index (χ1) is 12.2. The van der Waals surface area contributed by atoms with Crippen molar-refractivity contribution >= 4 is 33.4 Å². The van der Waals surface area contributed by atoms with E-state index < -0.39 is 10.0 Å². The highest BCUT2D eigenvalue weighted by Crippen LogP contribution is 2.26. The van der Waals surface area contributed by atoms with Gasteiger partial charge in [-0.3, -0.25) is 4.79 Å². The minimum Gasteiger partial charge on any atom is -0.326 e. The third kappa shape index (κ3) is 5.09. The summed E-state index contributed by atoms with van der Waals surface area (Å²) in [6.45, 7) is 3.71. The molecule has 0 heterocycles. The number of thioether (sulfide) groups is 1. The average molecular weight is 393 g/mol. The van der Waals surface area contributed by atoms with Gasteiger partial charge < -0.3 is 5.32 Å². The molecule has 0 aromatic heterocycles. The van der Waals surface area contributed by atoms with E-state index in [-0.39, 0.29) is 10.8 Å². The first-order valence-corrected chi connectivity index (χ1v) is 10.7. The van der Waals surface area contributed by atoms with E-state index in [0.29, 0.717) is 17.9 Å². The van der Waals surface area contributed by atoms with Crippen LogP contribution in [0.2, 0.25) is 0 Å². The van der Waals surface area contributed by atoms with Gasteiger partial charge in [0.1, 0.15) is 0 Å². The molecular weight excluding hydrogens is 368 g/mol. The van der Waals surface area contributed by atoms with E-state index in [1.54, 1.807) is 17.8 Å². The van der Waals surface area contributed by atoms with Crippen LogP contribution in [-0.2, 0) is 14.8 Å². The Morgan fingerprint density at radius 1 is 1.12 bits per heavy atom. The molecule has 1 amide bonds. The largest absolute Gasteiger partial charge is 0.326 e. The second-order valence-electron chi connectivity index (χ2n) is 6.16. The molecule has 2 aromatic rings. The fraction of sp³-hybridized carbons (Fsp3) is 0.316. The SMILES string of the molecule is Cc1cc(S(=O)(=O)N(C)C)cc(NC(=O)CCSc2ccccc2)c1C. The number of hydrogen-bond acceptors (Lipinski definition) is 4. The summed E-state index contributed by atoms with van der Waals surface area (Å²) in [5.74, 6) is 0.527. The zero-order valence-electron chi connectivity index (χ0n) is 15.4. The minimum atomic E-state index is -3.55. The second kappa shape index (κ2) is 8.70.